The van der Waals surface area contributed by atoms with E-state index in [-0.39, 0.29) is 10.9 Å². The summed E-state index contributed by atoms with van der Waals surface area (Å²) in [5, 5.41) is 17.9. The molecule has 0 radical (unpaired) electrons. The zero-order chi connectivity index (χ0) is 26.9. The van der Waals surface area contributed by atoms with Crippen LogP contribution in [-0.4, -0.2) is 47.4 Å². The Morgan fingerprint density at radius 2 is 1.84 bits per heavy atom. The first-order chi connectivity index (χ1) is 18.2. The lowest BCUT2D eigenvalue weighted by atomic mass is 10.0. The van der Waals surface area contributed by atoms with E-state index < -0.39 is 10.0 Å². The fraction of sp³-hybridized carbons (Fsp3) is 0.308. The summed E-state index contributed by atoms with van der Waals surface area (Å²) in [6.45, 7) is 6.31. The van der Waals surface area contributed by atoms with E-state index in [9.17, 15) is 13.7 Å². The molecule has 1 aliphatic rings. The summed E-state index contributed by atoms with van der Waals surface area (Å²) >= 11 is 1.43. The molecular formula is C26H27N7O3S2. The van der Waals surface area contributed by atoms with E-state index in [0.29, 0.717) is 28.7 Å². The molecule has 196 valence electrons. The number of rotatable bonds is 7. The first kappa shape index (κ1) is 26.0. The third kappa shape index (κ3) is 5.76. The molecular weight excluding hydrogens is 522 g/mol. The van der Waals surface area contributed by atoms with Gasteiger partial charge in [-0.15, -0.1) is 11.3 Å². The summed E-state index contributed by atoms with van der Waals surface area (Å²) in [4.78, 5) is 16.9. The number of sulfonamides is 1. The molecule has 0 saturated carbocycles. The fourth-order valence-electron chi connectivity index (χ4n) is 4.61. The standard InChI is InChI=1S/C26H27N7O3S2/c1-16-11-19(13-27)12-17(2)23(16)36-24-22-25(37-15-29-22)32-26(31-24)30-20-7-9-33(10-8-20)14-18-3-5-21(6-4-18)38(28,34)35/h3-6,11-12,15,20H,7-10,14H2,1-2H3,(H2,28,34,35)(H,30,31,32). The van der Waals surface area contributed by atoms with E-state index in [1.165, 1.54) is 11.3 Å². The van der Waals surface area contributed by atoms with Crippen LogP contribution in [0.15, 0.2) is 46.8 Å². The maximum absolute atomic E-state index is 11.5. The second-order valence-electron chi connectivity index (χ2n) is 9.40. The molecule has 0 amide bonds. The molecule has 0 spiro atoms. The number of nitrogens with one attached hydrogen (secondary N) is 1. The molecule has 1 saturated heterocycles. The summed E-state index contributed by atoms with van der Waals surface area (Å²) in [6.07, 6.45) is 1.81. The van der Waals surface area contributed by atoms with Crippen molar-refractivity contribution < 1.29 is 13.2 Å². The molecule has 2 aromatic carbocycles. The minimum absolute atomic E-state index is 0.120. The second kappa shape index (κ2) is 10.6. The molecule has 3 N–H and O–H groups in total. The number of fused-ring (bicyclic) bond motifs is 1. The molecule has 0 atom stereocenters. The Morgan fingerprint density at radius 3 is 2.47 bits per heavy atom. The maximum Gasteiger partial charge on any atom is 0.252 e. The molecule has 1 aliphatic heterocycles. The molecule has 1 fully saturated rings. The van der Waals surface area contributed by atoms with Crippen LogP contribution in [0.3, 0.4) is 0 Å². The van der Waals surface area contributed by atoms with Gasteiger partial charge in [-0.05, 0) is 67.6 Å². The van der Waals surface area contributed by atoms with Crippen molar-refractivity contribution in [3.8, 4) is 17.7 Å². The highest BCUT2D eigenvalue weighted by molar-refractivity contribution is 7.89. The van der Waals surface area contributed by atoms with Gasteiger partial charge in [-0.2, -0.15) is 15.2 Å². The molecule has 10 nitrogen and oxygen atoms in total. The van der Waals surface area contributed by atoms with Crippen LogP contribution < -0.4 is 15.2 Å². The normalized spacial score (nSPS) is 14.9. The maximum atomic E-state index is 11.5. The highest BCUT2D eigenvalue weighted by atomic mass is 32.2. The highest BCUT2D eigenvalue weighted by Crippen LogP contribution is 2.34. The van der Waals surface area contributed by atoms with Crippen LogP contribution in [-0.2, 0) is 16.6 Å². The van der Waals surface area contributed by atoms with Gasteiger partial charge in [-0.25, -0.2) is 18.5 Å². The first-order valence-corrected chi connectivity index (χ1v) is 14.5. The number of aryl methyl sites for hydroxylation is 2. The average Bonchev–Trinajstić information content (AvgIpc) is 3.36. The van der Waals surface area contributed by atoms with Crippen LogP contribution in [0.5, 0.6) is 11.6 Å². The van der Waals surface area contributed by atoms with Gasteiger partial charge in [0.25, 0.3) is 5.88 Å². The number of likely N-dealkylation sites (tertiary alicyclic amines) is 1. The Kier molecular flexibility index (Phi) is 7.27. The summed E-state index contributed by atoms with van der Waals surface area (Å²) in [5.74, 6) is 1.54. The zero-order valence-corrected chi connectivity index (χ0v) is 22.6. The number of nitrogens with two attached hydrogens (primary N) is 1. The van der Waals surface area contributed by atoms with Crippen LogP contribution in [0.4, 0.5) is 5.95 Å². The number of hydrogen-bond donors (Lipinski definition) is 2. The number of primary sulfonamides is 1. The van der Waals surface area contributed by atoms with E-state index in [0.717, 1.165) is 54.0 Å². The Hall–Kier alpha value is -3.63. The molecule has 5 rings (SSSR count). The SMILES string of the molecule is Cc1cc(C#N)cc(C)c1Oc1nc(NC2CCN(Cc3ccc(S(N)(=O)=O)cc3)CC2)nc2scnc12. The van der Waals surface area contributed by atoms with E-state index in [1.54, 1.807) is 41.9 Å². The van der Waals surface area contributed by atoms with Crippen LogP contribution in [0.2, 0.25) is 0 Å². The van der Waals surface area contributed by atoms with Crippen LogP contribution in [0, 0.1) is 25.2 Å². The highest BCUT2D eigenvalue weighted by Gasteiger charge is 2.22. The van der Waals surface area contributed by atoms with Crippen molar-refractivity contribution >= 4 is 37.7 Å². The Morgan fingerprint density at radius 1 is 1.16 bits per heavy atom. The van der Waals surface area contributed by atoms with Crippen LogP contribution in [0.25, 0.3) is 10.3 Å². The van der Waals surface area contributed by atoms with Crippen molar-refractivity contribution in [2.24, 2.45) is 5.14 Å². The van der Waals surface area contributed by atoms with Gasteiger partial charge in [0, 0.05) is 25.7 Å². The lowest BCUT2D eigenvalue weighted by Gasteiger charge is -2.32. The average molecular weight is 550 g/mol. The molecule has 0 bridgehead atoms. The molecule has 38 heavy (non-hydrogen) atoms. The predicted molar refractivity (Wildman–Crippen MR) is 146 cm³/mol. The van der Waals surface area contributed by atoms with E-state index in [2.05, 4.69) is 31.2 Å². The Labute approximate surface area is 225 Å². The number of thiazole rings is 1. The summed E-state index contributed by atoms with van der Waals surface area (Å²) in [6, 6.07) is 12.7. The zero-order valence-electron chi connectivity index (χ0n) is 21.0. The number of anilines is 1. The largest absolute Gasteiger partial charge is 0.436 e. The van der Waals surface area contributed by atoms with E-state index in [4.69, 9.17) is 9.88 Å². The summed E-state index contributed by atoms with van der Waals surface area (Å²) < 4.78 is 29.2. The van der Waals surface area contributed by atoms with Crippen molar-refractivity contribution in [2.45, 2.75) is 44.2 Å². The number of ether oxygens (including phenoxy) is 1. The van der Waals surface area contributed by atoms with Gasteiger partial charge < -0.3 is 10.1 Å². The van der Waals surface area contributed by atoms with Gasteiger partial charge in [-0.1, -0.05) is 12.1 Å². The molecule has 0 unspecified atom stereocenters. The van der Waals surface area contributed by atoms with Crippen molar-refractivity contribution in [3.63, 3.8) is 0 Å². The Bertz CT molecular complexity index is 1600. The van der Waals surface area contributed by atoms with E-state index >= 15 is 0 Å². The van der Waals surface area contributed by atoms with Crippen LogP contribution in [0.1, 0.15) is 35.1 Å². The number of nitriles is 1. The third-order valence-electron chi connectivity index (χ3n) is 6.53. The van der Waals surface area contributed by atoms with Gasteiger partial charge in [-0.3, -0.25) is 4.90 Å². The predicted octanol–water partition coefficient (Wildman–Crippen LogP) is 4.09. The molecule has 2 aromatic heterocycles. The van der Waals surface area contributed by atoms with Gasteiger partial charge in [0.1, 0.15) is 5.75 Å². The van der Waals surface area contributed by atoms with Gasteiger partial charge >= 0.3 is 0 Å². The number of nitrogens with zero attached hydrogens (tertiary/aromatic N) is 5. The minimum Gasteiger partial charge on any atom is -0.436 e. The first-order valence-electron chi connectivity index (χ1n) is 12.1. The van der Waals surface area contributed by atoms with Crippen LogP contribution >= 0.6 is 11.3 Å². The molecule has 3 heterocycles. The number of benzene rings is 2. The lowest BCUT2D eigenvalue weighted by Crippen LogP contribution is -2.39. The topological polar surface area (TPSA) is 147 Å². The fourth-order valence-corrected chi connectivity index (χ4v) is 5.77. The second-order valence-corrected chi connectivity index (χ2v) is 11.8. The molecule has 0 aliphatic carbocycles. The van der Waals surface area contributed by atoms with Crippen molar-refractivity contribution in [2.75, 3.05) is 18.4 Å². The Balaban J connectivity index is 1.25. The monoisotopic (exact) mass is 549 g/mol. The molecule has 12 heteroatoms. The third-order valence-corrected chi connectivity index (χ3v) is 8.18. The lowest BCUT2D eigenvalue weighted by molar-refractivity contribution is 0.211. The summed E-state index contributed by atoms with van der Waals surface area (Å²) in [7, 11) is -3.69. The summed E-state index contributed by atoms with van der Waals surface area (Å²) in [5.41, 5.74) is 5.66. The van der Waals surface area contributed by atoms with Crippen molar-refractivity contribution in [1.29, 1.82) is 5.26 Å². The smallest absolute Gasteiger partial charge is 0.252 e. The number of hydrogen-bond acceptors (Lipinski definition) is 10. The van der Waals surface area contributed by atoms with Gasteiger partial charge in [0.2, 0.25) is 16.0 Å². The van der Waals surface area contributed by atoms with E-state index in [1.807, 2.05) is 13.8 Å². The van der Waals surface area contributed by atoms with Gasteiger partial charge in [0.05, 0.1) is 22.0 Å². The quantitative estimate of drug-likeness (QED) is 0.348. The number of piperidine rings is 1. The number of aromatic nitrogens is 3. The minimum atomic E-state index is -3.69. The molecule has 4 aromatic rings. The van der Waals surface area contributed by atoms with Crippen molar-refractivity contribution in [3.05, 3.63) is 64.2 Å². The van der Waals surface area contributed by atoms with Crippen molar-refractivity contribution in [1.82, 2.24) is 19.9 Å². The van der Waals surface area contributed by atoms with Gasteiger partial charge in [0.15, 0.2) is 10.3 Å².